The van der Waals surface area contributed by atoms with Gasteiger partial charge in [-0.25, -0.2) is 4.68 Å². The van der Waals surface area contributed by atoms with E-state index in [2.05, 4.69) is 52.0 Å². The van der Waals surface area contributed by atoms with E-state index in [0.717, 1.165) is 23.4 Å². The van der Waals surface area contributed by atoms with Crippen LogP contribution in [-0.4, -0.2) is 20.2 Å². The normalized spacial score (nSPS) is 19.6. The first-order chi connectivity index (χ1) is 11.7. The highest BCUT2D eigenvalue weighted by Gasteiger charge is 2.30. The molecular formula is C18H18ClN5. The van der Waals surface area contributed by atoms with Gasteiger partial charge >= 0.3 is 0 Å². The zero-order valence-electron chi connectivity index (χ0n) is 13.4. The van der Waals surface area contributed by atoms with Gasteiger partial charge in [0.05, 0.1) is 12.1 Å². The van der Waals surface area contributed by atoms with Crippen LogP contribution < -0.4 is 5.32 Å². The zero-order chi connectivity index (χ0) is 16.5. The summed E-state index contributed by atoms with van der Waals surface area (Å²) >= 11 is 6.02. The molecule has 2 atom stereocenters. The van der Waals surface area contributed by atoms with Gasteiger partial charge in [0.1, 0.15) is 0 Å². The molecule has 1 N–H and O–H groups in total. The van der Waals surface area contributed by atoms with E-state index in [1.54, 1.807) is 0 Å². The molecule has 24 heavy (non-hydrogen) atoms. The van der Waals surface area contributed by atoms with Crippen LogP contribution in [0, 0.1) is 0 Å². The summed E-state index contributed by atoms with van der Waals surface area (Å²) in [5.74, 6) is 0.700. The average molecular weight is 340 g/mol. The number of fused-ring (bicyclic) bond motifs is 1. The third kappa shape index (κ3) is 2.76. The van der Waals surface area contributed by atoms with Gasteiger partial charge in [-0.15, -0.1) is 0 Å². The van der Waals surface area contributed by atoms with Crippen molar-refractivity contribution in [3.63, 3.8) is 0 Å². The molecule has 4 rings (SSSR count). The Labute approximate surface area is 145 Å². The zero-order valence-corrected chi connectivity index (χ0v) is 14.1. The molecule has 3 aromatic rings. The largest absolute Gasteiger partial charge is 0.346 e. The molecule has 0 amide bonds. The number of halogens is 1. The van der Waals surface area contributed by atoms with Gasteiger partial charge in [0, 0.05) is 5.02 Å². The van der Waals surface area contributed by atoms with Crippen molar-refractivity contribution in [1.82, 2.24) is 20.2 Å². The SMILES string of the molecule is CCc1ccc(C2CC(c3ccc(Cl)cc3)n3nnnc3N2)cc1. The lowest BCUT2D eigenvalue weighted by Crippen LogP contribution is -2.28. The number of hydrogen-bond donors (Lipinski definition) is 1. The Morgan fingerprint density at radius 1 is 1.08 bits per heavy atom. The molecule has 0 aliphatic carbocycles. The number of rotatable bonds is 3. The summed E-state index contributed by atoms with van der Waals surface area (Å²) in [6.07, 6.45) is 1.93. The Balaban J connectivity index is 1.68. The molecule has 1 aromatic heterocycles. The van der Waals surface area contributed by atoms with Crippen LogP contribution in [0.25, 0.3) is 0 Å². The number of aromatic nitrogens is 4. The summed E-state index contributed by atoms with van der Waals surface area (Å²) in [4.78, 5) is 0. The fraction of sp³-hybridized carbons (Fsp3) is 0.278. The number of anilines is 1. The van der Waals surface area contributed by atoms with Crippen LogP contribution in [0.5, 0.6) is 0 Å². The lowest BCUT2D eigenvalue weighted by molar-refractivity contribution is 0.424. The van der Waals surface area contributed by atoms with Crippen LogP contribution in [0.4, 0.5) is 5.95 Å². The second-order valence-corrected chi connectivity index (χ2v) is 6.48. The van der Waals surface area contributed by atoms with E-state index < -0.39 is 0 Å². The summed E-state index contributed by atoms with van der Waals surface area (Å²) in [6, 6.07) is 16.9. The van der Waals surface area contributed by atoms with Crippen molar-refractivity contribution in [2.45, 2.75) is 31.8 Å². The maximum Gasteiger partial charge on any atom is 0.243 e. The molecule has 0 bridgehead atoms. The number of hydrogen-bond acceptors (Lipinski definition) is 4. The Morgan fingerprint density at radius 3 is 2.50 bits per heavy atom. The molecule has 0 saturated carbocycles. The number of aryl methyl sites for hydroxylation is 1. The van der Waals surface area contributed by atoms with Crippen LogP contribution in [0.1, 0.15) is 42.1 Å². The molecule has 0 spiro atoms. The average Bonchev–Trinajstić information content (AvgIpc) is 3.10. The first kappa shape index (κ1) is 15.1. The monoisotopic (exact) mass is 339 g/mol. The summed E-state index contributed by atoms with van der Waals surface area (Å²) in [5, 5.41) is 16.3. The predicted octanol–water partition coefficient (Wildman–Crippen LogP) is 4.04. The molecule has 2 unspecified atom stereocenters. The quantitative estimate of drug-likeness (QED) is 0.782. The van der Waals surface area contributed by atoms with E-state index in [9.17, 15) is 0 Å². The lowest BCUT2D eigenvalue weighted by Gasteiger charge is -2.31. The van der Waals surface area contributed by atoms with Crippen LogP contribution >= 0.6 is 11.6 Å². The van der Waals surface area contributed by atoms with Gasteiger partial charge in [-0.2, -0.15) is 0 Å². The maximum absolute atomic E-state index is 6.02. The van der Waals surface area contributed by atoms with Crippen molar-refractivity contribution < 1.29 is 0 Å². The minimum Gasteiger partial charge on any atom is -0.346 e. The second kappa shape index (κ2) is 6.24. The van der Waals surface area contributed by atoms with Crippen molar-refractivity contribution in [1.29, 1.82) is 0 Å². The fourth-order valence-corrected chi connectivity index (χ4v) is 3.33. The highest BCUT2D eigenvalue weighted by molar-refractivity contribution is 6.30. The summed E-state index contributed by atoms with van der Waals surface area (Å²) < 4.78 is 1.85. The lowest BCUT2D eigenvalue weighted by atomic mass is 9.93. The maximum atomic E-state index is 6.02. The van der Waals surface area contributed by atoms with Gasteiger partial charge in [-0.3, -0.25) is 0 Å². The Hall–Kier alpha value is -2.40. The van der Waals surface area contributed by atoms with Crippen LogP contribution in [0.3, 0.4) is 0 Å². The predicted molar refractivity (Wildman–Crippen MR) is 94.2 cm³/mol. The molecule has 0 saturated heterocycles. The minimum atomic E-state index is 0.0874. The standard InChI is InChI=1S/C18H18ClN5/c1-2-12-3-5-13(6-4-12)16-11-17(14-7-9-15(19)10-8-14)24-18(20-16)21-22-23-24/h3-10,16-17H,2,11H2,1H3,(H,20,21,23). The highest BCUT2D eigenvalue weighted by atomic mass is 35.5. The van der Waals surface area contributed by atoms with Crippen molar-refractivity contribution in [2.75, 3.05) is 5.32 Å². The molecule has 122 valence electrons. The summed E-state index contributed by atoms with van der Waals surface area (Å²) in [5.41, 5.74) is 3.75. The van der Waals surface area contributed by atoms with E-state index in [0.29, 0.717) is 5.95 Å². The Bertz CT molecular complexity index is 825. The Kier molecular flexibility index (Phi) is 3.94. The molecule has 1 aliphatic rings. The highest BCUT2D eigenvalue weighted by Crippen LogP contribution is 2.37. The number of nitrogens with zero attached hydrogens (tertiary/aromatic N) is 4. The fourth-order valence-electron chi connectivity index (χ4n) is 3.20. The van der Waals surface area contributed by atoms with Crippen molar-refractivity contribution in [2.24, 2.45) is 0 Å². The van der Waals surface area contributed by atoms with Crippen molar-refractivity contribution in [3.8, 4) is 0 Å². The van der Waals surface area contributed by atoms with E-state index in [-0.39, 0.29) is 12.1 Å². The van der Waals surface area contributed by atoms with Gasteiger partial charge in [-0.05, 0) is 52.1 Å². The molecule has 6 heteroatoms. The van der Waals surface area contributed by atoms with E-state index in [1.807, 2.05) is 28.9 Å². The Morgan fingerprint density at radius 2 is 1.79 bits per heavy atom. The molecular weight excluding hydrogens is 322 g/mol. The van der Waals surface area contributed by atoms with E-state index in [4.69, 9.17) is 11.6 Å². The molecule has 5 nitrogen and oxygen atoms in total. The first-order valence-corrected chi connectivity index (χ1v) is 8.51. The molecule has 2 aromatic carbocycles. The summed E-state index contributed by atoms with van der Waals surface area (Å²) in [7, 11) is 0. The number of nitrogens with one attached hydrogen (secondary N) is 1. The van der Waals surface area contributed by atoms with Crippen LogP contribution in [-0.2, 0) is 6.42 Å². The smallest absolute Gasteiger partial charge is 0.243 e. The van der Waals surface area contributed by atoms with Gasteiger partial charge in [0.25, 0.3) is 0 Å². The van der Waals surface area contributed by atoms with Crippen molar-refractivity contribution in [3.05, 3.63) is 70.2 Å². The van der Waals surface area contributed by atoms with Crippen molar-refractivity contribution >= 4 is 17.5 Å². The third-order valence-electron chi connectivity index (χ3n) is 4.60. The van der Waals surface area contributed by atoms with Crippen LogP contribution in [0.15, 0.2) is 48.5 Å². The summed E-state index contributed by atoms with van der Waals surface area (Å²) in [6.45, 7) is 2.17. The van der Waals surface area contributed by atoms with Gasteiger partial charge in [-0.1, -0.05) is 60.0 Å². The minimum absolute atomic E-state index is 0.0874. The van der Waals surface area contributed by atoms with E-state index in [1.165, 1.54) is 11.1 Å². The van der Waals surface area contributed by atoms with Gasteiger partial charge in [0.15, 0.2) is 0 Å². The number of benzene rings is 2. The third-order valence-corrected chi connectivity index (χ3v) is 4.85. The second-order valence-electron chi connectivity index (χ2n) is 6.04. The molecule has 2 heterocycles. The van der Waals surface area contributed by atoms with Gasteiger partial charge in [0.2, 0.25) is 5.95 Å². The molecule has 1 aliphatic heterocycles. The van der Waals surface area contributed by atoms with E-state index >= 15 is 0 Å². The van der Waals surface area contributed by atoms with Crippen LogP contribution in [0.2, 0.25) is 5.02 Å². The molecule has 0 fully saturated rings. The molecule has 0 radical (unpaired) electrons. The number of tetrazole rings is 1. The topological polar surface area (TPSA) is 55.6 Å². The first-order valence-electron chi connectivity index (χ1n) is 8.13. The van der Waals surface area contributed by atoms with Gasteiger partial charge < -0.3 is 5.32 Å².